The number of carbonyl (C=O) groups is 1. The Bertz CT molecular complexity index is 1330. The molecule has 0 atom stereocenters. The fourth-order valence-electron chi connectivity index (χ4n) is 3.60. The van der Waals surface area contributed by atoms with Gasteiger partial charge in [-0.25, -0.2) is 26.0 Å². The highest BCUT2D eigenvalue weighted by Gasteiger charge is 2.29. The normalized spacial score (nSPS) is 14.8. The summed E-state index contributed by atoms with van der Waals surface area (Å²) in [4.78, 5) is 14.3. The molecule has 6 nitrogen and oxygen atoms in total. The summed E-state index contributed by atoms with van der Waals surface area (Å²) in [5, 5.41) is 2.12. The number of piperazine rings is 1. The van der Waals surface area contributed by atoms with Gasteiger partial charge in [0.15, 0.2) is 17.5 Å². The summed E-state index contributed by atoms with van der Waals surface area (Å²) in [6.07, 6.45) is 0. The van der Waals surface area contributed by atoms with Crippen LogP contribution in [0.15, 0.2) is 65.6 Å². The Morgan fingerprint density at radius 3 is 2.18 bits per heavy atom. The third kappa shape index (κ3) is 4.75. The Kier molecular flexibility index (Phi) is 6.58. The van der Waals surface area contributed by atoms with Gasteiger partial charge >= 0.3 is 0 Å². The maximum absolute atomic E-state index is 13.9. The second-order valence-corrected chi connectivity index (χ2v) is 9.51. The molecule has 0 aromatic heterocycles. The molecule has 4 rings (SSSR count). The molecule has 0 bridgehead atoms. The zero-order valence-electron chi connectivity index (χ0n) is 17.6. The van der Waals surface area contributed by atoms with Crippen LogP contribution in [0.2, 0.25) is 0 Å². The van der Waals surface area contributed by atoms with Crippen molar-refractivity contribution in [2.75, 3.05) is 36.4 Å². The van der Waals surface area contributed by atoms with Gasteiger partial charge < -0.3 is 10.2 Å². The van der Waals surface area contributed by atoms with E-state index in [0.29, 0.717) is 19.2 Å². The van der Waals surface area contributed by atoms with Crippen molar-refractivity contribution in [1.82, 2.24) is 4.31 Å². The Hall–Kier alpha value is -3.44. The van der Waals surface area contributed by atoms with E-state index in [2.05, 4.69) is 5.32 Å². The summed E-state index contributed by atoms with van der Waals surface area (Å²) in [6.45, 7) is 1.13. The number of amides is 1. The highest BCUT2D eigenvalue weighted by atomic mass is 32.2. The zero-order chi connectivity index (χ0) is 24.5. The van der Waals surface area contributed by atoms with Crippen molar-refractivity contribution in [2.45, 2.75) is 4.90 Å². The number of nitrogens with zero attached hydrogens (tertiary/aromatic N) is 2. The smallest absolute Gasteiger partial charge is 0.255 e. The van der Waals surface area contributed by atoms with Crippen LogP contribution >= 0.6 is 0 Å². The number of benzene rings is 3. The Morgan fingerprint density at radius 2 is 1.50 bits per heavy atom. The van der Waals surface area contributed by atoms with E-state index >= 15 is 0 Å². The third-order valence-electron chi connectivity index (χ3n) is 5.45. The average molecular weight is 493 g/mol. The number of rotatable bonds is 5. The lowest BCUT2D eigenvalue weighted by Gasteiger charge is -2.35. The van der Waals surface area contributed by atoms with Gasteiger partial charge in [0.2, 0.25) is 10.0 Å². The van der Waals surface area contributed by atoms with Gasteiger partial charge in [-0.05, 0) is 54.6 Å². The highest BCUT2D eigenvalue weighted by molar-refractivity contribution is 7.89. The first-order chi connectivity index (χ1) is 16.2. The minimum atomic E-state index is -3.94. The highest BCUT2D eigenvalue weighted by Crippen LogP contribution is 2.24. The van der Waals surface area contributed by atoms with Crippen molar-refractivity contribution in [1.29, 1.82) is 0 Å². The Labute approximate surface area is 193 Å². The van der Waals surface area contributed by atoms with Gasteiger partial charge in [-0.3, -0.25) is 4.79 Å². The lowest BCUT2D eigenvalue weighted by molar-refractivity contribution is 0.102. The first kappa shape index (κ1) is 23.7. The van der Waals surface area contributed by atoms with E-state index in [1.165, 1.54) is 34.6 Å². The Morgan fingerprint density at radius 1 is 0.824 bits per heavy atom. The molecule has 0 radical (unpaired) electrons. The van der Waals surface area contributed by atoms with Crippen LogP contribution in [-0.4, -0.2) is 44.8 Å². The quantitative estimate of drug-likeness (QED) is 0.431. The van der Waals surface area contributed by atoms with Gasteiger partial charge in [-0.1, -0.05) is 6.07 Å². The van der Waals surface area contributed by atoms with E-state index in [4.69, 9.17) is 0 Å². The van der Waals surface area contributed by atoms with Crippen molar-refractivity contribution in [3.05, 3.63) is 89.5 Å². The predicted molar refractivity (Wildman–Crippen MR) is 118 cm³/mol. The molecular formula is C23H19F4N3O3S. The summed E-state index contributed by atoms with van der Waals surface area (Å²) in [5.74, 6) is -5.93. The van der Waals surface area contributed by atoms with Crippen LogP contribution in [0.3, 0.4) is 0 Å². The van der Waals surface area contributed by atoms with Crippen molar-refractivity contribution in [2.24, 2.45) is 0 Å². The average Bonchev–Trinajstić information content (AvgIpc) is 2.85. The van der Waals surface area contributed by atoms with E-state index in [1.54, 1.807) is 12.1 Å². The van der Waals surface area contributed by atoms with Crippen LogP contribution in [0.5, 0.6) is 0 Å². The number of halogens is 4. The molecule has 178 valence electrons. The van der Waals surface area contributed by atoms with Crippen LogP contribution in [-0.2, 0) is 10.0 Å². The molecule has 0 spiro atoms. The first-order valence-electron chi connectivity index (χ1n) is 10.2. The fraction of sp³-hybridized carbons (Fsp3) is 0.174. The molecule has 1 N–H and O–H groups in total. The molecule has 34 heavy (non-hydrogen) atoms. The van der Waals surface area contributed by atoms with Crippen LogP contribution in [0.4, 0.5) is 28.9 Å². The molecule has 1 fully saturated rings. The second-order valence-electron chi connectivity index (χ2n) is 7.57. The largest absolute Gasteiger partial charge is 0.369 e. The van der Waals surface area contributed by atoms with Crippen LogP contribution in [0.1, 0.15) is 10.4 Å². The van der Waals surface area contributed by atoms with E-state index in [1.807, 2.05) is 4.90 Å². The first-order valence-corrected chi connectivity index (χ1v) is 11.7. The minimum absolute atomic E-state index is 0.102. The summed E-state index contributed by atoms with van der Waals surface area (Å²) >= 11 is 0. The van der Waals surface area contributed by atoms with Gasteiger partial charge in [-0.15, -0.1) is 0 Å². The molecule has 0 aliphatic carbocycles. The van der Waals surface area contributed by atoms with Crippen molar-refractivity contribution in [3.8, 4) is 0 Å². The van der Waals surface area contributed by atoms with Crippen LogP contribution in [0, 0.1) is 23.3 Å². The molecule has 0 saturated carbocycles. The molecule has 1 amide bonds. The maximum atomic E-state index is 13.9. The lowest BCUT2D eigenvalue weighted by Crippen LogP contribution is -2.48. The molecule has 11 heteroatoms. The monoisotopic (exact) mass is 493 g/mol. The van der Waals surface area contributed by atoms with Gasteiger partial charge in [0, 0.05) is 37.4 Å². The number of sulfonamides is 1. The number of nitrogens with one attached hydrogen (secondary N) is 1. The Balaban J connectivity index is 1.48. The van der Waals surface area contributed by atoms with Crippen molar-refractivity contribution in [3.63, 3.8) is 0 Å². The van der Waals surface area contributed by atoms with E-state index in [0.717, 1.165) is 17.8 Å². The van der Waals surface area contributed by atoms with Gasteiger partial charge in [-0.2, -0.15) is 4.31 Å². The third-order valence-corrected chi connectivity index (χ3v) is 7.34. The zero-order valence-corrected chi connectivity index (χ0v) is 18.5. The van der Waals surface area contributed by atoms with E-state index in [9.17, 15) is 30.8 Å². The fourth-order valence-corrected chi connectivity index (χ4v) is 5.07. The predicted octanol–water partition coefficient (Wildman–Crippen LogP) is 4.01. The summed E-state index contributed by atoms with van der Waals surface area (Å²) < 4.78 is 81.0. The van der Waals surface area contributed by atoms with Crippen molar-refractivity contribution >= 4 is 27.3 Å². The van der Waals surface area contributed by atoms with Gasteiger partial charge in [0.1, 0.15) is 5.82 Å². The summed E-state index contributed by atoms with van der Waals surface area (Å²) in [7, 11) is -3.94. The molecule has 1 heterocycles. The van der Waals surface area contributed by atoms with Crippen LogP contribution < -0.4 is 10.2 Å². The van der Waals surface area contributed by atoms with Gasteiger partial charge in [0.05, 0.1) is 10.6 Å². The summed E-state index contributed by atoms with van der Waals surface area (Å²) in [6, 6.07) is 12.6. The molecule has 1 aliphatic heterocycles. The minimum Gasteiger partial charge on any atom is -0.369 e. The number of hydrogen-bond acceptors (Lipinski definition) is 4. The summed E-state index contributed by atoms with van der Waals surface area (Å²) in [5.41, 5.74) is 0.103. The lowest BCUT2D eigenvalue weighted by atomic mass is 10.2. The van der Waals surface area contributed by atoms with E-state index < -0.39 is 39.1 Å². The molecule has 1 saturated heterocycles. The number of anilines is 2. The molecule has 1 aliphatic rings. The number of hydrogen-bond donors (Lipinski definition) is 1. The van der Waals surface area contributed by atoms with Crippen molar-refractivity contribution < 1.29 is 30.8 Å². The van der Waals surface area contributed by atoms with Crippen LogP contribution in [0.25, 0.3) is 0 Å². The molecule has 3 aromatic rings. The maximum Gasteiger partial charge on any atom is 0.255 e. The van der Waals surface area contributed by atoms with Gasteiger partial charge in [0.25, 0.3) is 5.91 Å². The molecule has 0 unspecified atom stereocenters. The topological polar surface area (TPSA) is 69.7 Å². The molecular weight excluding hydrogens is 474 g/mol. The standard InChI is InChI=1S/C23H19F4N3O3S/c24-16-4-6-17(7-5-16)29-10-12-30(13-11-29)34(32,33)18-3-1-2-15(14-18)23(31)28-20-9-8-19(25)21(26)22(20)27/h1-9,14H,10-13H2,(H,28,31). The molecule has 3 aromatic carbocycles. The van der Waals surface area contributed by atoms with E-state index in [-0.39, 0.29) is 29.4 Å². The second kappa shape index (κ2) is 9.43. The number of carbonyl (C=O) groups excluding carboxylic acids is 1. The SMILES string of the molecule is O=C(Nc1ccc(F)c(F)c1F)c1cccc(S(=O)(=O)N2CCN(c3ccc(F)cc3)CC2)c1.